The average Bonchev–Trinajstić information content (AvgIpc) is 2.62. The number of aliphatic hydroxyl groups excluding tert-OH is 1. The first-order valence-corrected chi connectivity index (χ1v) is 5.00. The summed E-state index contributed by atoms with van der Waals surface area (Å²) in [5.41, 5.74) is 0. The molecule has 0 saturated carbocycles. The highest BCUT2D eigenvalue weighted by Gasteiger charge is 2.20. The molecule has 0 radical (unpaired) electrons. The molecule has 1 atom stereocenters. The fraction of sp³-hybridized carbons (Fsp3) is 0.444. The van der Waals surface area contributed by atoms with E-state index < -0.39 is 13.4 Å². The largest absolute Gasteiger partial charge is 0.673 e. The minimum absolute atomic E-state index is 0.469. The molecule has 0 aliphatic rings. The lowest BCUT2D eigenvalue weighted by atomic mass is 10.2. The summed E-state index contributed by atoms with van der Waals surface area (Å²) in [6.45, 7) is 5.65. The molecule has 1 unspecified atom stereocenters. The van der Waals surface area contributed by atoms with Gasteiger partial charge in [0, 0.05) is 18.6 Å². The van der Waals surface area contributed by atoms with E-state index in [2.05, 4.69) is 11.6 Å². The van der Waals surface area contributed by atoms with Gasteiger partial charge in [-0.15, -0.1) is 0 Å². The third-order valence-corrected chi connectivity index (χ3v) is 1.76. The van der Waals surface area contributed by atoms with Crippen molar-refractivity contribution in [3.63, 3.8) is 0 Å². The van der Waals surface area contributed by atoms with E-state index in [0.717, 1.165) is 12.8 Å². The molecule has 0 bridgehead atoms. The molecule has 0 aromatic carbocycles. The zero-order valence-electron chi connectivity index (χ0n) is 9.36. The van der Waals surface area contributed by atoms with E-state index in [1.54, 1.807) is 23.2 Å². The number of nitrogens with zero attached hydrogens (tertiary/aromatic N) is 2. The summed E-state index contributed by atoms with van der Waals surface area (Å²) in [6.07, 6.45) is 6.30. The molecule has 17 heavy (non-hydrogen) atoms. The second kappa shape index (κ2) is 7.11. The molecular formula is C9H14BF4N2O-. The third kappa shape index (κ3) is 7.56. The fourth-order valence-corrected chi connectivity index (χ4v) is 1.14. The minimum atomic E-state index is -6.00. The second-order valence-electron chi connectivity index (χ2n) is 3.17. The van der Waals surface area contributed by atoms with Crippen molar-refractivity contribution in [1.29, 1.82) is 0 Å². The molecule has 0 saturated heterocycles. The van der Waals surface area contributed by atoms with Crippen molar-refractivity contribution >= 4 is 13.5 Å². The van der Waals surface area contributed by atoms with Crippen molar-refractivity contribution < 1.29 is 22.4 Å². The number of rotatable bonds is 4. The maximum Gasteiger partial charge on any atom is 0.673 e. The maximum atomic E-state index is 9.75. The minimum Gasteiger partial charge on any atom is -0.418 e. The van der Waals surface area contributed by atoms with Crippen LogP contribution in [0.15, 0.2) is 19.0 Å². The van der Waals surface area contributed by atoms with E-state index in [1.807, 2.05) is 6.92 Å². The zero-order chi connectivity index (χ0) is 13.5. The van der Waals surface area contributed by atoms with Gasteiger partial charge in [-0.25, -0.2) is 4.98 Å². The van der Waals surface area contributed by atoms with Crippen molar-refractivity contribution in [1.82, 2.24) is 9.55 Å². The standard InChI is InChI=1S/C9H14N2O.BF4/c1-3-5-8(12)9-10-6-7-11(9)4-2;2-1(3,4)5/h4,6-8,12H,2-3,5H2,1H3;/q;-1. The van der Waals surface area contributed by atoms with Crippen LogP contribution in [0, 0.1) is 0 Å². The van der Waals surface area contributed by atoms with Crippen molar-refractivity contribution in [2.75, 3.05) is 0 Å². The Labute approximate surface area is 96.9 Å². The normalized spacial score (nSPS) is 12.6. The van der Waals surface area contributed by atoms with E-state index in [4.69, 9.17) is 0 Å². The summed E-state index contributed by atoms with van der Waals surface area (Å²) in [5, 5.41) is 9.59. The Morgan fingerprint density at radius 3 is 2.47 bits per heavy atom. The van der Waals surface area contributed by atoms with Gasteiger partial charge in [0.1, 0.15) is 11.9 Å². The summed E-state index contributed by atoms with van der Waals surface area (Å²) in [5.74, 6) is 0.673. The maximum absolute atomic E-state index is 9.75. The highest BCUT2D eigenvalue weighted by molar-refractivity contribution is 6.50. The van der Waals surface area contributed by atoms with Crippen LogP contribution in [0.3, 0.4) is 0 Å². The first kappa shape index (κ1) is 15.7. The van der Waals surface area contributed by atoms with Crippen molar-refractivity contribution in [3.05, 3.63) is 24.8 Å². The van der Waals surface area contributed by atoms with Crippen LogP contribution in [0.1, 0.15) is 31.7 Å². The molecule has 0 aliphatic heterocycles. The monoisotopic (exact) mass is 253 g/mol. The molecule has 1 rings (SSSR count). The number of aliphatic hydroxyl groups is 1. The van der Waals surface area contributed by atoms with Crippen molar-refractivity contribution in [2.24, 2.45) is 0 Å². The smallest absolute Gasteiger partial charge is 0.418 e. The Balaban J connectivity index is 0.000000437. The summed E-state index contributed by atoms with van der Waals surface area (Å²) in [7, 11) is -6.00. The Kier molecular flexibility index (Phi) is 6.56. The van der Waals surface area contributed by atoms with E-state index in [0.29, 0.717) is 5.82 Å². The van der Waals surface area contributed by atoms with E-state index in [1.165, 1.54) is 0 Å². The average molecular weight is 253 g/mol. The van der Waals surface area contributed by atoms with Crippen molar-refractivity contribution in [2.45, 2.75) is 25.9 Å². The van der Waals surface area contributed by atoms with Crippen LogP contribution in [-0.2, 0) is 0 Å². The van der Waals surface area contributed by atoms with Crippen molar-refractivity contribution in [3.8, 4) is 0 Å². The number of hydrogen-bond donors (Lipinski definition) is 1. The predicted octanol–water partition coefficient (Wildman–Crippen LogP) is 3.12. The molecule has 3 nitrogen and oxygen atoms in total. The van der Waals surface area contributed by atoms with Gasteiger partial charge in [0.15, 0.2) is 0 Å². The van der Waals surface area contributed by atoms with Crippen LogP contribution < -0.4 is 0 Å². The van der Waals surface area contributed by atoms with Gasteiger partial charge in [-0.3, -0.25) is 0 Å². The highest BCUT2D eigenvalue weighted by Crippen LogP contribution is 2.15. The van der Waals surface area contributed by atoms with E-state index in [9.17, 15) is 22.4 Å². The lowest BCUT2D eigenvalue weighted by Gasteiger charge is -2.08. The molecule has 0 fully saturated rings. The summed E-state index contributed by atoms with van der Waals surface area (Å²) in [4.78, 5) is 4.05. The Morgan fingerprint density at radius 1 is 1.53 bits per heavy atom. The first-order chi connectivity index (χ1) is 7.79. The molecular weight excluding hydrogens is 239 g/mol. The van der Waals surface area contributed by atoms with E-state index in [-0.39, 0.29) is 0 Å². The van der Waals surface area contributed by atoms with Crippen LogP contribution in [-0.4, -0.2) is 21.9 Å². The molecule has 98 valence electrons. The third-order valence-electron chi connectivity index (χ3n) is 1.76. The Morgan fingerprint density at radius 2 is 2.06 bits per heavy atom. The molecule has 1 aromatic rings. The van der Waals surface area contributed by atoms with Gasteiger partial charge in [0.2, 0.25) is 0 Å². The van der Waals surface area contributed by atoms with Gasteiger partial charge in [-0.1, -0.05) is 19.9 Å². The van der Waals surface area contributed by atoms with E-state index >= 15 is 0 Å². The van der Waals surface area contributed by atoms with Gasteiger partial charge in [0.25, 0.3) is 0 Å². The van der Waals surface area contributed by atoms with Crippen LogP contribution >= 0.6 is 0 Å². The predicted molar refractivity (Wildman–Crippen MR) is 58.7 cm³/mol. The molecule has 1 N–H and O–H groups in total. The van der Waals surface area contributed by atoms with Gasteiger partial charge in [-0.05, 0) is 6.42 Å². The van der Waals surface area contributed by atoms with Gasteiger partial charge >= 0.3 is 7.25 Å². The molecule has 0 amide bonds. The topological polar surface area (TPSA) is 38.0 Å². The molecule has 8 heteroatoms. The second-order valence-corrected chi connectivity index (χ2v) is 3.17. The molecule has 1 aromatic heterocycles. The SMILES string of the molecule is C=Cn1ccnc1C(O)CCC.F[B-](F)(F)F. The van der Waals surface area contributed by atoms with Gasteiger partial charge in [0.05, 0.1) is 0 Å². The summed E-state index contributed by atoms with van der Waals surface area (Å²) >= 11 is 0. The Hall–Kier alpha value is -1.31. The van der Waals surface area contributed by atoms with Crippen LogP contribution in [0.5, 0.6) is 0 Å². The van der Waals surface area contributed by atoms with Gasteiger partial charge in [-0.2, -0.15) is 0 Å². The molecule has 1 heterocycles. The molecule has 0 spiro atoms. The highest BCUT2D eigenvalue weighted by atomic mass is 19.5. The number of halogens is 4. The fourth-order valence-electron chi connectivity index (χ4n) is 1.14. The molecule has 0 aliphatic carbocycles. The number of imidazole rings is 1. The lowest BCUT2D eigenvalue weighted by molar-refractivity contribution is 0.155. The van der Waals surface area contributed by atoms with Crippen LogP contribution in [0.25, 0.3) is 6.20 Å². The zero-order valence-corrected chi connectivity index (χ0v) is 9.36. The Bertz CT molecular complexity index is 334. The first-order valence-electron chi connectivity index (χ1n) is 5.00. The van der Waals surface area contributed by atoms with Crippen LogP contribution in [0.2, 0.25) is 0 Å². The quantitative estimate of drug-likeness (QED) is 0.661. The number of aromatic nitrogens is 2. The van der Waals surface area contributed by atoms with Crippen LogP contribution in [0.4, 0.5) is 17.3 Å². The van der Waals surface area contributed by atoms with Gasteiger partial charge < -0.3 is 26.9 Å². The number of hydrogen-bond acceptors (Lipinski definition) is 2. The lowest BCUT2D eigenvalue weighted by Crippen LogP contribution is -2.03. The summed E-state index contributed by atoms with van der Waals surface area (Å²) < 4.78 is 40.7. The summed E-state index contributed by atoms with van der Waals surface area (Å²) in [6, 6.07) is 0.